The summed E-state index contributed by atoms with van der Waals surface area (Å²) in [7, 11) is 3.05. The van der Waals surface area contributed by atoms with Crippen LogP contribution in [0.25, 0.3) is 0 Å². The highest BCUT2D eigenvalue weighted by Gasteiger charge is 2.23. The van der Waals surface area contributed by atoms with Gasteiger partial charge in [-0.25, -0.2) is 0 Å². The second-order valence-corrected chi connectivity index (χ2v) is 5.88. The molecular formula is C19H20N2O4. The van der Waals surface area contributed by atoms with Gasteiger partial charge in [0.2, 0.25) is 0 Å². The van der Waals surface area contributed by atoms with Crippen molar-refractivity contribution in [1.29, 1.82) is 0 Å². The first-order chi connectivity index (χ1) is 12.1. The van der Waals surface area contributed by atoms with Gasteiger partial charge in [-0.15, -0.1) is 0 Å². The van der Waals surface area contributed by atoms with E-state index in [1.807, 2.05) is 0 Å². The molecule has 1 aliphatic rings. The molecule has 130 valence electrons. The lowest BCUT2D eigenvalue weighted by Gasteiger charge is -2.10. The predicted molar refractivity (Wildman–Crippen MR) is 94.4 cm³/mol. The van der Waals surface area contributed by atoms with Crippen molar-refractivity contribution < 1.29 is 19.1 Å². The van der Waals surface area contributed by atoms with Crippen LogP contribution in [0.1, 0.15) is 33.6 Å². The third-order valence-corrected chi connectivity index (χ3v) is 3.91. The van der Waals surface area contributed by atoms with E-state index < -0.39 is 0 Å². The Morgan fingerprint density at radius 3 is 2.20 bits per heavy atom. The third kappa shape index (κ3) is 4.29. The third-order valence-electron chi connectivity index (χ3n) is 3.91. The minimum absolute atomic E-state index is 0.123. The number of carbonyl (C=O) groups excluding carboxylic acids is 2. The number of nitrogens with one attached hydrogen (secondary N) is 2. The molecule has 0 aromatic heterocycles. The summed E-state index contributed by atoms with van der Waals surface area (Å²) in [5.74, 6) is 0.628. The van der Waals surface area contributed by atoms with E-state index >= 15 is 0 Å². The maximum Gasteiger partial charge on any atom is 0.255 e. The highest BCUT2D eigenvalue weighted by Crippen LogP contribution is 2.24. The van der Waals surface area contributed by atoms with Crippen LogP contribution >= 0.6 is 0 Å². The quantitative estimate of drug-likeness (QED) is 0.848. The summed E-state index contributed by atoms with van der Waals surface area (Å²) in [5.41, 5.74) is 1.48. The Labute approximate surface area is 146 Å². The monoisotopic (exact) mass is 340 g/mol. The molecule has 0 bridgehead atoms. The maximum atomic E-state index is 12.5. The van der Waals surface area contributed by atoms with E-state index in [0.29, 0.717) is 28.3 Å². The first kappa shape index (κ1) is 16.8. The molecular weight excluding hydrogens is 320 g/mol. The fraction of sp³-hybridized carbons (Fsp3) is 0.263. The molecule has 25 heavy (non-hydrogen) atoms. The Kier molecular flexibility index (Phi) is 4.88. The number of benzene rings is 2. The van der Waals surface area contributed by atoms with Gasteiger partial charge < -0.3 is 20.1 Å². The normalized spacial score (nSPS) is 13.0. The van der Waals surface area contributed by atoms with Gasteiger partial charge >= 0.3 is 0 Å². The molecule has 0 atom stereocenters. The van der Waals surface area contributed by atoms with Gasteiger partial charge in [-0.05, 0) is 43.2 Å². The Balaban J connectivity index is 1.75. The number of anilines is 1. The Morgan fingerprint density at radius 2 is 1.60 bits per heavy atom. The summed E-state index contributed by atoms with van der Waals surface area (Å²) in [6, 6.07) is 12.1. The number of amides is 2. The Bertz CT molecular complexity index is 778. The molecule has 0 aliphatic heterocycles. The molecule has 1 aliphatic carbocycles. The van der Waals surface area contributed by atoms with Crippen molar-refractivity contribution in [3.8, 4) is 11.5 Å². The zero-order valence-electron chi connectivity index (χ0n) is 14.2. The SMILES string of the molecule is COc1cc(OC)cc(C(=O)Nc2cccc(C(=O)NC3CC3)c2)c1. The zero-order chi connectivity index (χ0) is 17.8. The van der Waals surface area contributed by atoms with Crippen molar-refractivity contribution in [1.82, 2.24) is 5.32 Å². The summed E-state index contributed by atoms with van der Waals surface area (Å²) in [4.78, 5) is 24.6. The lowest BCUT2D eigenvalue weighted by atomic mass is 10.1. The fourth-order valence-corrected chi connectivity index (χ4v) is 2.38. The van der Waals surface area contributed by atoms with Crippen LogP contribution in [0.2, 0.25) is 0 Å². The van der Waals surface area contributed by atoms with E-state index in [0.717, 1.165) is 12.8 Å². The van der Waals surface area contributed by atoms with Crippen molar-refractivity contribution in [2.75, 3.05) is 19.5 Å². The second kappa shape index (κ2) is 7.25. The van der Waals surface area contributed by atoms with Gasteiger partial charge in [0.1, 0.15) is 11.5 Å². The van der Waals surface area contributed by atoms with Gasteiger partial charge in [-0.3, -0.25) is 9.59 Å². The van der Waals surface area contributed by atoms with Gasteiger partial charge in [0, 0.05) is 28.9 Å². The molecule has 2 aromatic rings. The minimum Gasteiger partial charge on any atom is -0.497 e. The van der Waals surface area contributed by atoms with Crippen LogP contribution in [0, 0.1) is 0 Å². The molecule has 1 fully saturated rings. The number of hydrogen-bond donors (Lipinski definition) is 2. The average molecular weight is 340 g/mol. The topological polar surface area (TPSA) is 76.7 Å². The maximum absolute atomic E-state index is 12.5. The molecule has 0 radical (unpaired) electrons. The summed E-state index contributed by atoms with van der Waals surface area (Å²) in [6.07, 6.45) is 2.06. The van der Waals surface area contributed by atoms with E-state index in [1.54, 1.807) is 42.5 Å². The zero-order valence-corrected chi connectivity index (χ0v) is 14.2. The largest absolute Gasteiger partial charge is 0.497 e. The van der Waals surface area contributed by atoms with Gasteiger partial charge in [-0.1, -0.05) is 6.07 Å². The first-order valence-corrected chi connectivity index (χ1v) is 8.04. The van der Waals surface area contributed by atoms with Crippen LogP contribution in [0.4, 0.5) is 5.69 Å². The molecule has 6 heteroatoms. The van der Waals surface area contributed by atoms with E-state index in [2.05, 4.69) is 10.6 Å². The molecule has 3 rings (SSSR count). The molecule has 2 aromatic carbocycles. The highest BCUT2D eigenvalue weighted by atomic mass is 16.5. The van der Waals surface area contributed by atoms with Gasteiger partial charge in [-0.2, -0.15) is 0 Å². The van der Waals surface area contributed by atoms with Crippen LogP contribution in [0.5, 0.6) is 11.5 Å². The molecule has 2 N–H and O–H groups in total. The molecule has 6 nitrogen and oxygen atoms in total. The molecule has 0 unspecified atom stereocenters. The summed E-state index contributed by atoms with van der Waals surface area (Å²) in [6.45, 7) is 0. The Hall–Kier alpha value is -3.02. The molecule has 0 heterocycles. The van der Waals surface area contributed by atoms with Crippen molar-refractivity contribution in [2.24, 2.45) is 0 Å². The van der Waals surface area contributed by atoms with Crippen molar-refractivity contribution >= 4 is 17.5 Å². The van der Waals surface area contributed by atoms with Crippen molar-refractivity contribution in [3.05, 3.63) is 53.6 Å². The molecule has 2 amide bonds. The van der Waals surface area contributed by atoms with Crippen molar-refractivity contribution in [2.45, 2.75) is 18.9 Å². The average Bonchev–Trinajstić information content (AvgIpc) is 3.45. The fourth-order valence-electron chi connectivity index (χ4n) is 2.38. The summed E-state index contributed by atoms with van der Waals surface area (Å²) in [5, 5.41) is 5.72. The standard InChI is InChI=1S/C19H20N2O4/c1-24-16-9-13(10-17(11-16)25-2)19(23)21-15-5-3-4-12(8-15)18(22)20-14-6-7-14/h3-5,8-11,14H,6-7H2,1-2H3,(H,20,22)(H,21,23). The van der Waals surface area contributed by atoms with E-state index in [9.17, 15) is 9.59 Å². The molecule has 0 spiro atoms. The smallest absolute Gasteiger partial charge is 0.255 e. The highest BCUT2D eigenvalue weighted by molar-refractivity contribution is 6.05. The van der Waals surface area contributed by atoms with E-state index in [1.165, 1.54) is 14.2 Å². The van der Waals surface area contributed by atoms with Gasteiger partial charge in [0.15, 0.2) is 0 Å². The lowest BCUT2D eigenvalue weighted by Crippen LogP contribution is -2.25. The van der Waals surface area contributed by atoms with Crippen LogP contribution in [-0.2, 0) is 0 Å². The van der Waals surface area contributed by atoms with Gasteiger partial charge in [0.05, 0.1) is 14.2 Å². The Morgan fingerprint density at radius 1 is 0.920 bits per heavy atom. The van der Waals surface area contributed by atoms with Crippen LogP contribution in [-0.4, -0.2) is 32.1 Å². The van der Waals surface area contributed by atoms with Crippen LogP contribution < -0.4 is 20.1 Å². The molecule has 0 saturated heterocycles. The lowest BCUT2D eigenvalue weighted by molar-refractivity contribution is 0.0949. The summed E-state index contributed by atoms with van der Waals surface area (Å²) >= 11 is 0. The number of hydrogen-bond acceptors (Lipinski definition) is 4. The number of carbonyl (C=O) groups is 2. The van der Waals surface area contributed by atoms with Crippen LogP contribution in [0.15, 0.2) is 42.5 Å². The minimum atomic E-state index is -0.308. The van der Waals surface area contributed by atoms with E-state index in [-0.39, 0.29) is 17.9 Å². The van der Waals surface area contributed by atoms with Gasteiger partial charge in [0.25, 0.3) is 11.8 Å². The van der Waals surface area contributed by atoms with Crippen LogP contribution in [0.3, 0.4) is 0 Å². The number of methoxy groups -OCH3 is 2. The summed E-state index contributed by atoms with van der Waals surface area (Å²) < 4.78 is 10.4. The first-order valence-electron chi connectivity index (χ1n) is 8.04. The predicted octanol–water partition coefficient (Wildman–Crippen LogP) is 2.85. The van der Waals surface area contributed by atoms with Crippen molar-refractivity contribution in [3.63, 3.8) is 0 Å². The number of ether oxygens (including phenoxy) is 2. The number of rotatable bonds is 6. The second-order valence-electron chi connectivity index (χ2n) is 5.88. The van der Waals surface area contributed by atoms with E-state index in [4.69, 9.17) is 9.47 Å². The molecule has 1 saturated carbocycles.